The number of amides is 2. The Morgan fingerprint density at radius 2 is 1.56 bits per heavy atom. The van der Waals surface area contributed by atoms with Crippen molar-refractivity contribution in [1.29, 1.82) is 0 Å². The molecule has 2 aromatic carbocycles. The first-order chi connectivity index (χ1) is 13.2. The van der Waals surface area contributed by atoms with Crippen LogP contribution in [0.25, 0.3) is 0 Å². The number of imide groups is 1. The second kappa shape index (κ2) is 7.77. The van der Waals surface area contributed by atoms with Gasteiger partial charge in [0, 0.05) is 24.5 Å². The fourth-order valence-corrected chi connectivity index (χ4v) is 3.34. The molecule has 4 rings (SSSR count). The van der Waals surface area contributed by atoms with Crippen LogP contribution in [0.1, 0.15) is 6.42 Å². The SMILES string of the molecule is O=C1CC(NNc2ccccc2)C(=O)N1c1ccc(N2CCOCC2)cc1. The Bertz CT molecular complexity index is 804. The molecule has 7 nitrogen and oxygen atoms in total. The first kappa shape index (κ1) is 17.5. The fraction of sp³-hybridized carbons (Fsp3) is 0.300. The van der Waals surface area contributed by atoms with E-state index in [1.165, 1.54) is 4.90 Å². The average molecular weight is 366 g/mol. The van der Waals surface area contributed by atoms with Crippen LogP contribution in [0.15, 0.2) is 54.6 Å². The standard InChI is InChI=1S/C20H22N4O3/c25-19-14-18(22-21-15-4-2-1-3-5-15)20(26)24(19)17-8-6-16(7-9-17)23-10-12-27-13-11-23/h1-9,18,21-22H,10-14H2. The summed E-state index contributed by atoms with van der Waals surface area (Å²) in [5.74, 6) is -0.450. The Morgan fingerprint density at radius 1 is 0.889 bits per heavy atom. The van der Waals surface area contributed by atoms with E-state index in [1.807, 2.05) is 54.6 Å². The van der Waals surface area contributed by atoms with Crippen LogP contribution in [0.5, 0.6) is 0 Å². The van der Waals surface area contributed by atoms with Crippen LogP contribution in [0.3, 0.4) is 0 Å². The third-order valence-corrected chi connectivity index (χ3v) is 4.80. The summed E-state index contributed by atoms with van der Waals surface area (Å²) in [4.78, 5) is 28.6. The lowest BCUT2D eigenvalue weighted by atomic mass is 10.2. The van der Waals surface area contributed by atoms with Crippen molar-refractivity contribution >= 4 is 28.9 Å². The summed E-state index contributed by atoms with van der Waals surface area (Å²) >= 11 is 0. The van der Waals surface area contributed by atoms with E-state index in [2.05, 4.69) is 15.8 Å². The normalized spacial score (nSPS) is 20.2. The zero-order chi connectivity index (χ0) is 18.6. The molecule has 1 atom stereocenters. The van der Waals surface area contributed by atoms with Crippen molar-refractivity contribution in [2.75, 3.05) is 41.5 Å². The third-order valence-electron chi connectivity index (χ3n) is 4.80. The minimum atomic E-state index is -0.586. The second-order valence-electron chi connectivity index (χ2n) is 6.58. The number of hydrogen-bond acceptors (Lipinski definition) is 6. The fourth-order valence-electron chi connectivity index (χ4n) is 3.34. The summed E-state index contributed by atoms with van der Waals surface area (Å²) in [5, 5.41) is 0. The van der Waals surface area contributed by atoms with E-state index < -0.39 is 6.04 Å². The third kappa shape index (κ3) is 3.79. The zero-order valence-electron chi connectivity index (χ0n) is 14.9. The number of rotatable bonds is 5. The van der Waals surface area contributed by atoms with Gasteiger partial charge in [-0.15, -0.1) is 0 Å². The highest BCUT2D eigenvalue weighted by atomic mass is 16.5. The van der Waals surface area contributed by atoms with Gasteiger partial charge in [-0.2, -0.15) is 0 Å². The number of para-hydroxylation sites is 1. The number of benzene rings is 2. The maximum Gasteiger partial charge on any atom is 0.253 e. The van der Waals surface area contributed by atoms with Crippen molar-refractivity contribution in [3.63, 3.8) is 0 Å². The molecule has 2 aliphatic heterocycles. The Balaban J connectivity index is 1.42. The summed E-state index contributed by atoms with van der Waals surface area (Å²) in [7, 11) is 0. The molecule has 2 amide bonds. The number of anilines is 3. The predicted octanol–water partition coefficient (Wildman–Crippen LogP) is 1.77. The molecule has 0 aliphatic carbocycles. The van der Waals surface area contributed by atoms with Gasteiger partial charge in [0.25, 0.3) is 5.91 Å². The molecule has 0 aromatic heterocycles. The van der Waals surface area contributed by atoms with Crippen LogP contribution in [-0.4, -0.2) is 44.2 Å². The lowest BCUT2D eigenvalue weighted by Crippen LogP contribution is -2.41. The smallest absolute Gasteiger partial charge is 0.253 e. The molecule has 2 heterocycles. The van der Waals surface area contributed by atoms with E-state index in [9.17, 15) is 9.59 Å². The van der Waals surface area contributed by atoms with Gasteiger partial charge in [-0.25, -0.2) is 10.3 Å². The van der Waals surface area contributed by atoms with Gasteiger partial charge in [-0.1, -0.05) is 18.2 Å². The summed E-state index contributed by atoms with van der Waals surface area (Å²) in [6.45, 7) is 3.12. The van der Waals surface area contributed by atoms with E-state index in [0.717, 1.165) is 24.5 Å². The molecular weight excluding hydrogens is 344 g/mol. The molecule has 2 saturated heterocycles. The highest BCUT2D eigenvalue weighted by Gasteiger charge is 2.39. The summed E-state index contributed by atoms with van der Waals surface area (Å²) in [6.07, 6.45) is 0.129. The maximum absolute atomic E-state index is 12.7. The van der Waals surface area contributed by atoms with Gasteiger partial charge in [-0.05, 0) is 36.4 Å². The van der Waals surface area contributed by atoms with Gasteiger partial charge < -0.3 is 15.1 Å². The Labute approximate surface area is 157 Å². The molecule has 0 radical (unpaired) electrons. The van der Waals surface area contributed by atoms with Gasteiger partial charge in [0.05, 0.1) is 25.3 Å². The molecular formula is C20H22N4O3. The topological polar surface area (TPSA) is 73.9 Å². The summed E-state index contributed by atoms with van der Waals surface area (Å²) in [6, 6.07) is 16.4. The van der Waals surface area contributed by atoms with Gasteiger partial charge in [0.2, 0.25) is 5.91 Å². The van der Waals surface area contributed by atoms with Crippen molar-refractivity contribution < 1.29 is 14.3 Å². The summed E-state index contributed by atoms with van der Waals surface area (Å²) < 4.78 is 5.37. The molecule has 0 bridgehead atoms. The Morgan fingerprint density at radius 3 is 2.26 bits per heavy atom. The predicted molar refractivity (Wildman–Crippen MR) is 104 cm³/mol. The first-order valence-corrected chi connectivity index (χ1v) is 9.08. The highest BCUT2D eigenvalue weighted by molar-refractivity contribution is 6.22. The van der Waals surface area contributed by atoms with Crippen molar-refractivity contribution in [2.24, 2.45) is 0 Å². The van der Waals surface area contributed by atoms with Crippen molar-refractivity contribution in [1.82, 2.24) is 5.43 Å². The van der Waals surface area contributed by atoms with Gasteiger partial charge >= 0.3 is 0 Å². The van der Waals surface area contributed by atoms with Crippen molar-refractivity contribution in [3.8, 4) is 0 Å². The maximum atomic E-state index is 12.7. The molecule has 2 fully saturated rings. The van der Waals surface area contributed by atoms with Crippen LogP contribution in [0, 0.1) is 0 Å². The van der Waals surface area contributed by atoms with Crippen molar-refractivity contribution in [2.45, 2.75) is 12.5 Å². The minimum Gasteiger partial charge on any atom is -0.378 e. The molecule has 7 heteroatoms. The van der Waals surface area contributed by atoms with E-state index in [0.29, 0.717) is 18.9 Å². The average Bonchev–Trinajstić information content (AvgIpc) is 3.01. The van der Waals surface area contributed by atoms with Gasteiger partial charge in [0.1, 0.15) is 6.04 Å². The quantitative estimate of drug-likeness (QED) is 0.621. The number of carbonyl (C=O) groups excluding carboxylic acids is 2. The minimum absolute atomic E-state index is 0.129. The van der Waals surface area contributed by atoms with Crippen LogP contribution in [-0.2, 0) is 14.3 Å². The number of nitrogens with zero attached hydrogens (tertiary/aromatic N) is 2. The molecule has 2 aliphatic rings. The lowest BCUT2D eigenvalue weighted by Gasteiger charge is -2.29. The van der Waals surface area contributed by atoms with Gasteiger partial charge in [-0.3, -0.25) is 9.59 Å². The number of carbonyl (C=O) groups is 2. The largest absolute Gasteiger partial charge is 0.378 e. The molecule has 27 heavy (non-hydrogen) atoms. The highest BCUT2D eigenvalue weighted by Crippen LogP contribution is 2.26. The number of ether oxygens (including phenoxy) is 1. The number of hydrogen-bond donors (Lipinski definition) is 2. The van der Waals surface area contributed by atoms with E-state index >= 15 is 0 Å². The Kier molecular flexibility index (Phi) is 5.04. The second-order valence-corrected chi connectivity index (χ2v) is 6.58. The van der Waals surface area contributed by atoms with Crippen LogP contribution < -0.4 is 20.7 Å². The van der Waals surface area contributed by atoms with E-state index in [-0.39, 0.29) is 18.2 Å². The van der Waals surface area contributed by atoms with Gasteiger partial charge in [0.15, 0.2) is 0 Å². The van der Waals surface area contributed by atoms with E-state index in [1.54, 1.807) is 0 Å². The van der Waals surface area contributed by atoms with E-state index in [4.69, 9.17) is 4.74 Å². The van der Waals surface area contributed by atoms with Crippen molar-refractivity contribution in [3.05, 3.63) is 54.6 Å². The zero-order valence-corrected chi connectivity index (χ0v) is 14.9. The molecule has 2 N–H and O–H groups in total. The Hall–Kier alpha value is -2.90. The number of hydrazine groups is 1. The molecule has 0 spiro atoms. The lowest BCUT2D eigenvalue weighted by molar-refractivity contribution is -0.121. The molecule has 0 saturated carbocycles. The first-order valence-electron chi connectivity index (χ1n) is 9.08. The van der Waals surface area contributed by atoms with Crippen LogP contribution in [0.4, 0.5) is 17.1 Å². The molecule has 140 valence electrons. The molecule has 2 aromatic rings. The summed E-state index contributed by atoms with van der Waals surface area (Å²) in [5.41, 5.74) is 8.46. The van der Waals surface area contributed by atoms with Crippen LogP contribution in [0.2, 0.25) is 0 Å². The number of nitrogens with one attached hydrogen (secondary N) is 2. The monoisotopic (exact) mass is 366 g/mol. The van der Waals surface area contributed by atoms with Crippen LogP contribution >= 0.6 is 0 Å². The molecule has 1 unspecified atom stereocenters. The number of morpholine rings is 1.